The highest BCUT2D eigenvalue weighted by Crippen LogP contribution is 2.18. The molecule has 0 heterocycles. The van der Waals surface area contributed by atoms with Crippen molar-refractivity contribution in [3.8, 4) is 0 Å². The van der Waals surface area contributed by atoms with E-state index in [2.05, 4.69) is 5.32 Å². The normalized spacial score (nSPS) is 12.1. The van der Waals surface area contributed by atoms with Gasteiger partial charge < -0.3 is 11.1 Å². The van der Waals surface area contributed by atoms with Gasteiger partial charge in [-0.3, -0.25) is 9.00 Å². The number of hydrogen-bond acceptors (Lipinski definition) is 3. The molecule has 4 nitrogen and oxygen atoms in total. The summed E-state index contributed by atoms with van der Waals surface area (Å²) in [5, 5.41) is 2.84. The van der Waals surface area contributed by atoms with Crippen molar-refractivity contribution in [1.29, 1.82) is 0 Å². The summed E-state index contributed by atoms with van der Waals surface area (Å²) < 4.78 is 11.4. The monoisotopic (exact) mass is 282 g/mol. The number of nitrogens with one attached hydrogen (secondary N) is 1. The van der Waals surface area contributed by atoms with Crippen LogP contribution in [0.4, 0.5) is 11.4 Å². The quantitative estimate of drug-likeness (QED) is 0.755. The number of anilines is 2. The standard InChI is InChI=1S/C14H22N2O2S/c1-3-8-19(18)9-4-5-14(17)16-13-10-12(15)7-6-11(13)2/h6-7,10H,3-5,8-9,15H2,1-2H3,(H,16,17). The van der Waals surface area contributed by atoms with E-state index < -0.39 is 10.8 Å². The Hall–Kier alpha value is -1.36. The van der Waals surface area contributed by atoms with Crippen molar-refractivity contribution < 1.29 is 9.00 Å². The second-order valence-electron chi connectivity index (χ2n) is 4.57. The first-order valence-electron chi connectivity index (χ1n) is 6.54. The maximum Gasteiger partial charge on any atom is 0.224 e. The van der Waals surface area contributed by atoms with Crippen LogP contribution in [0, 0.1) is 6.92 Å². The van der Waals surface area contributed by atoms with Crippen molar-refractivity contribution in [2.24, 2.45) is 0 Å². The first-order chi connectivity index (χ1) is 9.02. The van der Waals surface area contributed by atoms with Gasteiger partial charge in [0.2, 0.25) is 5.91 Å². The fraction of sp³-hybridized carbons (Fsp3) is 0.500. The van der Waals surface area contributed by atoms with Gasteiger partial charge in [-0.15, -0.1) is 0 Å². The molecule has 106 valence electrons. The molecule has 0 saturated carbocycles. The molecular weight excluding hydrogens is 260 g/mol. The first-order valence-corrected chi connectivity index (χ1v) is 8.02. The highest BCUT2D eigenvalue weighted by atomic mass is 32.2. The van der Waals surface area contributed by atoms with Crippen LogP contribution >= 0.6 is 0 Å². The molecule has 0 aliphatic carbocycles. The number of nitrogen functional groups attached to an aromatic ring is 1. The zero-order chi connectivity index (χ0) is 14.3. The van der Waals surface area contributed by atoms with Gasteiger partial charge in [-0.2, -0.15) is 0 Å². The van der Waals surface area contributed by atoms with Crippen LogP contribution in [-0.4, -0.2) is 21.6 Å². The van der Waals surface area contributed by atoms with Crippen LogP contribution in [-0.2, 0) is 15.6 Å². The zero-order valence-corrected chi connectivity index (χ0v) is 12.4. The summed E-state index contributed by atoms with van der Waals surface area (Å²) in [7, 11) is -0.791. The summed E-state index contributed by atoms with van der Waals surface area (Å²) in [6, 6.07) is 5.43. The summed E-state index contributed by atoms with van der Waals surface area (Å²) in [6.45, 7) is 3.93. The van der Waals surface area contributed by atoms with E-state index >= 15 is 0 Å². The maximum absolute atomic E-state index is 11.8. The molecule has 1 amide bonds. The molecule has 1 aromatic carbocycles. The molecule has 0 radical (unpaired) electrons. The Bertz CT molecular complexity index is 461. The van der Waals surface area contributed by atoms with E-state index in [1.54, 1.807) is 12.1 Å². The smallest absolute Gasteiger partial charge is 0.224 e. The van der Waals surface area contributed by atoms with E-state index in [0.717, 1.165) is 23.4 Å². The molecule has 0 aromatic heterocycles. The molecule has 1 aromatic rings. The fourth-order valence-corrected chi connectivity index (χ4v) is 2.84. The Labute approximate surface area is 117 Å². The lowest BCUT2D eigenvalue weighted by Gasteiger charge is -2.09. The Morgan fingerprint density at radius 2 is 2.11 bits per heavy atom. The second kappa shape index (κ2) is 7.94. The topological polar surface area (TPSA) is 72.2 Å². The molecule has 0 aliphatic heterocycles. The lowest BCUT2D eigenvalue weighted by Crippen LogP contribution is -2.14. The molecule has 1 atom stereocenters. The summed E-state index contributed by atoms with van der Waals surface area (Å²) in [4.78, 5) is 11.8. The Kier molecular flexibility index (Phi) is 6.56. The van der Waals surface area contributed by atoms with Gasteiger partial charge in [0.05, 0.1) is 0 Å². The van der Waals surface area contributed by atoms with Crippen LogP contribution in [0.15, 0.2) is 18.2 Å². The molecule has 3 N–H and O–H groups in total. The minimum Gasteiger partial charge on any atom is -0.399 e. The number of benzene rings is 1. The molecule has 0 saturated heterocycles. The zero-order valence-electron chi connectivity index (χ0n) is 11.6. The van der Waals surface area contributed by atoms with E-state index in [-0.39, 0.29) is 5.91 Å². The molecule has 0 bridgehead atoms. The summed E-state index contributed by atoms with van der Waals surface area (Å²) in [5.41, 5.74) is 8.05. The fourth-order valence-electron chi connectivity index (χ4n) is 1.71. The number of nitrogens with two attached hydrogens (primary N) is 1. The SMILES string of the molecule is CCCS(=O)CCCC(=O)Nc1cc(N)ccc1C. The van der Waals surface area contributed by atoms with E-state index in [0.29, 0.717) is 24.3 Å². The van der Waals surface area contributed by atoms with Crippen molar-refractivity contribution >= 4 is 28.1 Å². The second-order valence-corrected chi connectivity index (χ2v) is 6.27. The summed E-state index contributed by atoms with van der Waals surface area (Å²) in [6.07, 6.45) is 1.96. The number of carbonyl (C=O) groups excluding carboxylic acids is 1. The van der Waals surface area contributed by atoms with Gasteiger partial charge in [0.25, 0.3) is 0 Å². The molecule has 0 spiro atoms. The molecular formula is C14H22N2O2S. The van der Waals surface area contributed by atoms with E-state index in [9.17, 15) is 9.00 Å². The van der Waals surface area contributed by atoms with E-state index in [1.165, 1.54) is 0 Å². The van der Waals surface area contributed by atoms with Gasteiger partial charge in [-0.25, -0.2) is 0 Å². The summed E-state index contributed by atoms with van der Waals surface area (Å²) >= 11 is 0. The number of hydrogen-bond donors (Lipinski definition) is 2. The minimum atomic E-state index is -0.791. The van der Waals surface area contributed by atoms with Gasteiger partial charge in [-0.1, -0.05) is 13.0 Å². The number of carbonyl (C=O) groups is 1. The highest BCUT2D eigenvalue weighted by Gasteiger charge is 2.06. The first kappa shape index (κ1) is 15.7. The predicted molar refractivity (Wildman–Crippen MR) is 81.6 cm³/mol. The molecule has 5 heteroatoms. The van der Waals surface area contributed by atoms with Gasteiger partial charge >= 0.3 is 0 Å². The number of rotatable bonds is 7. The van der Waals surface area contributed by atoms with Crippen molar-refractivity contribution in [2.45, 2.75) is 33.1 Å². The average molecular weight is 282 g/mol. The van der Waals surface area contributed by atoms with Crippen LogP contribution in [0.2, 0.25) is 0 Å². The Balaban J connectivity index is 2.39. The highest BCUT2D eigenvalue weighted by molar-refractivity contribution is 7.84. The minimum absolute atomic E-state index is 0.0535. The van der Waals surface area contributed by atoms with Crippen LogP contribution in [0.1, 0.15) is 31.7 Å². The van der Waals surface area contributed by atoms with Crippen molar-refractivity contribution in [3.05, 3.63) is 23.8 Å². The van der Waals surface area contributed by atoms with Crippen LogP contribution in [0.25, 0.3) is 0 Å². The van der Waals surface area contributed by atoms with E-state index in [1.807, 2.05) is 19.9 Å². The van der Waals surface area contributed by atoms with Gasteiger partial charge in [0.1, 0.15) is 0 Å². The molecule has 1 unspecified atom stereocenters. The van der Waals surface area contributed by atoms with Gasteiger partial charge in [-0.05, 0) is 37.5 Å². The van der Waals surface area contributed by atoms with Crippen molar-refractivity contribution in [2.75, 3.05) is 22.6 Å². The maximum atomic E-state index is 11.8. The van der Waals surface area contributed by atoms with Crippen molar-refractivity contribution in [3.63, 3.8) is 0 Å². The average Bonchev–Trinajstić information content (AvgIpc) is 2.34. The molecule has 19 heavy (non-hydrogen) atoms. The molecule has 1 rings (SSSR count). The third-order valence-electron chi connectivity index (χ3n) is 2.74. The Morgan fingerprint density at radius 1 is 1.37 bits per heavy atom. The predicted octanol–water partition coefficient (Wildman–Crippen LogP) is 2.45. The van der Waals surface area contributed by atoms with E-state index in [4.69, 9.17) is 5.73 Å². The van der Waals surface area contributed by atoms with Gasteiger partial charge in [0, 0.05) is 40.1 Å². The summed E-state index contributed by atoms with van der Waals surface area (Å²) in [5.74, 6) is 1.26. The third kappa shape index (κ3) is 5.87. The lowest BCUT2D eigenvalue weighted by atomic mass is 10.1. The number of aryl methyl sites for hydroxylation is 1. The molecule has 0 fully saturated rings. The van der Waals surface area contributed by atoms with Crippen molar-refractivity contribution in [1.82, 2.24) is 0 Å². The Morgan fingerprint density at radius 3 is 2.79 bits per heavy atom. The molecule has 0 aliphatic rings. The van der Waals surface area contributed by atoms with Crippen LogP contribution < -0.4 is 11.1 Å². The largest absolute Gasteiger partial charge is 0.399 e. The number of amides is 1. The third-order valence-corrected chi connectivity index (χ3v) is 4.35. The van der Waals surface area contributed by atoms with Crippen LogP contribution in [0.3, 0.4) is 0 Å². The van der Waals surface area contributed by atoms with Gasteiger partial charge in [0.15, 0.2) is 0 Å². The van der Waals surface area contributed by atoms with Crippen LogP contribution in [0.5, 0.6) is 0 Å². The lowest BCUT2D eigenvalue weighted by molar-refractivity contribution is -0.116.